The van der Waals surface area contributed by atoms with Crippen LogP contribution in [-0.2, 0) is 6.54 Å². The van der Waals surface area contributed by atoms with Crippen LogP contribution in [-0.4, -0.2) is 33.7 Å². The SMILES string of the molecule is CC1(O)CCCN(Cc2nc3c(N)cccc3o2)C1. The van der Waals surface area contributed by atoms with Crippen LogP contribution in [0.5, 0.6) is 0 Å². The molecule has 0 amide bonds. The summed E-state index contributed by atoms with van der Waals surface area (Å²) in [6.07, 6.45) is 1.85. The van der Waals surface area contributed by atoms with Crippen LogP contribution < -0.4 is 5.73 Å². The zero-order valence-corrected chi connectivity index (χ0v) is 11.1. The third-order valence-corrected chi connectivity index (χ3v) is 3.61. The number of piperidine rings is 1. The Hall–Kier alpha value is -1.59. The molecule has 5 heteroatoms. The van der Waals surface area contributed by atoms with Gasteiger partial charge in [-0.1, -0.05) is 6.07 Å². The second-order valence-electron chi connectivity index (χ2n) is 5.61. The van der Waals surface area contributed by atoms with E-state index in [1.807, 2.05) is 25.1 Å². The number of likely N-dealkylation sites (tertiary alicyclic amines) is 1. The van der Waals surface area contributed by atoms with Crippen LogP contribution in [0.3, 0.4) is 0 Å². The van der Waals surface area contributed by atoms with Gasteiger partial charge in [0.1, 0.15) is 5.52 Å². The minimum absolute atomic E-state index is 0.608. The molecule has 2 heterocycles. The van der Waals surface area contributed by atoms with E-state index < -0.39 is 5.60 Å². The molecule has 0 aliphatic carbocycles. The largest absolute Gasteiger partial charge is 0.439 e. The number of hydrogen-bond donors (Lipinski definition) is 2. The molecular weight excluding hydrogens is 242 g/mol. The normalized spacial score (nSPS) is 24.9. The maximum absolute atomic E-state index is 10.1. The Morgan fingerprint density at radius 3 is 3.11 bits per heavy atom. The number of aromatic nitrogens is 1. The van der Waals surface area contributed by atoms with E-state index in [-0.39, 0.29) is 0 Å². The van der Waals surface area contributed by atoms with Crippen molar-refractivity contribution in [2.75, 3.05) is 18.8 Å². The molecule has 1 aromatic carbocycles. The predicted octanol–water partition coefficient (Wildman–Crippen LogP) is 1.76. The third kappa shape index (κ3) is 2.57. The Bertz CT molecular complexity index is 591. The standard InChI is InChI=1S/C14H19N3O2/c1-14(18)6-3-7-17(9-14)8-12-16-13-10(15)4-2-5-11(13)19-12/h2,4-5,18H,3,6-9,15H2,1H3. The lowest BCUT2D eigenvalue weighted by Gasteiger charge is -2.36. The first-order valence-corrected chi connectivity index (χ1v) is 6.62. The summed E-state index contributed by atoms with van der Waals surface area (Å²) in [5.74, 6) is 0.658. The molecule has 102 valence electrons. The van der Waals surface area contributed by atoms with E-state index in [2.05, 4.69) is 9.88 Å². The molecule has 1 unspecified atom stereocenters. The molecule has 0 saturated carbocycles. The number of nitrogens with zero attached hydrogens (tertiary/aromatic N) is 2. The van der Waals surface area contributed by atoms with E-state index in [1.54, 1.807) is 0 Å². The van der Waals surface area contributed by atoms with Crippen molar-refractivity contribution in [1.82, 2.24) is 9.88 Å². The van der Waals surface area contributed by atoms with Gasteiger partial charge in [0.2, 0.25) is 5.89 Å². The van der Waals surface area contributed by atoms with Gasteiger partial charge in [-0.25, -0.2) is 4.98 Å². The zero-order valence-electron chi connectivity index (χ0n) is 11.1. The van der Waals surface area contributed by atoms with Crippen molar-refractivity contribution in [3.63, 3.8) is 0 Å². The lowest BCUT2D eigenvalue weighted by atomic mass is 9.95. The predicted molar refractivity (Wildman–Crippen MR) is 73.6 cm³/mol. The van der Waals surface area contributed by atoms with E-state index in [0.29, 0.717) is 24.7 Å². The van der Waals surface area contributed by atoms with E-state index in [0.717, 1.165) is 30.5 Å². The third-order valence-electron chi connectivity index (χ3n) is 3.61. The minimum Gasteiger partial charge on any atom is -0.439 e. The number of oxazole rings is 1. The highest BCUT2D eigenvalue weighted by molar-refractivity contribution is 5.85. The minimum atomic E-state index is -0.608. The number of aliphatic hydroxyl groups is 1. The fourth-order valence-electron chi connectivity index (χ4n) is 2.73. The van der Waals surface area contributed by atoms with Gasteiger partial charge in [0.05, 0.1) is 17.8 Å². The van der Waals surface area contributed by atoms with Gasteiger partial charge >= 0.3 is 0 Å². The Kier molecular flexibility index (Phi) is 2.95. The van der Waals surface area contributed by atoms with E-state index in [9.17, 15) is 5.11 Å². The fourth-order valence-corrected chi connectivity index (χ4v) is 2.73. The van der Waals surface area contributed by atoms with E-state index >= 15 is 0 Å². The lowest BCUT2D eigenvalue weighted by Crippen LogP contribution is -2.45. The summed E-state index contributed by atoms with van der Waals surface area (Å²) < 4.78 is 5.71. The first kappa shape index (κ1) is 12.4. The molecule has 19 heavy (non-hydrogen) atoms. The summed E-state index contributed by atoms with van der Waals surface area (Å²) >= 11 is 0. The summed E-state index contributed by atoms with van der Waals surface area (Å²) in [6, 6.07) is 5.55. The summed E-state index contributed by atoms with van der Waals surface area (Å²) in [6.45, 7) is 4.11. The van der Waals surface area contributed by atoms with Crippen LogP contribution in [0.15, 0.2) is 22.6 Å². The maximum atomic E-state index is 10.1. The van der Waals surface area contributed by atoms with Crippen LogP contribution in [0.2, 0.25) is 0 Å². The Labute approximate surface area is 112 Å². The van der Waals surface area contributed by atoms with Crippen molar-refractivity contribution in [2.24, 2.45) is 0 Å². The quantitative estimate of drug-likeness (QED) is 0.806. The monoisotopic (exact) mass is 261 g/mol. The van der Waals surface area contributed by atoms with Crippen molar-refractivity contribution >= 4 is 16.8 Å². The molecule has 2 aromatic rings. The topological polar surface area (TPSA) is 75.5 Å². The van der Waals surface area contributed by atoms with Crippen molar-refractivity contribution in [3.05, 3.63) is 24.1 Å². The van der Waals surface area contributed by atoms with Crippen LogP contribution >= 0.6 is 0 Å². The van der Waals surface area contributed by atoms with Gasteiger partial charge in [-0.2, -0.15) is 0 Å². The zero-order chi connectivity index (χ0) is 13.5. The Morgan fingerprint density at radius 2 is 2.37 bits per heavy atom. The second-order valence-corrected chi connectivity index (χ2v) is 5.61. The molecule has 0 bridgehead atoms. The molecule has 1 aliphatic heterocycles. The number of para-hydroxylation sites is 1. The first-order valence-electron chi connectivity index (χ1n) is 6.62. The number of rotatable bonds is 2. The summed E-state index contributed by atoms with van der Waals surface area (Å²) in [5.41, 5.74) is 7.34. The molecule has 1 saturated heterocycles. The first-order chi connectivity index (χ1) is 9.03. The number of β-amino-alcohol motifs (C(OH)–C–C–N with tert-alkyl or cyclic N) is 1. The van der Waals surface area contributed by atoms with Gasteiger partial charge in [-0.15, -0.1) is 0 Å². The molecule has 1 aromatic heterocycles. The highest BCUT2D eigenvalue weighted by Crippen LogP contribution is 2.24. The molecule has 5 nitrogen and oxygen atoms in total. The van der Waals surface area contributed by atoms with Crippen LogP contribution in [0, 0.1) is 0 Å². The van der Waals surface area contributed by atoms with Crippen LogP contribution in [0.4, 0.5) is 5.69 Å². The molecule has 3 N–H and O–H groups in total. The van der Waals surface area contributed by atoms with E-state index in [4.69, 9.17) is 10.2 Å². The fraction of sp³-hybridized carbons (Fsp3) is 0.500. The Morgan fingerprint density at radius 1 is 1.53 bits per heavy atom. The van der Waals surface area contributed by atoms with Crippen molar-refractivity contribution in [3.8, 4) is 0 Å². The van der Waals surface area contributed by atoms with Crippen LogP contribution in [0.25, 0.3) is 11.1 Å². The van der Waals surface area contributed by atoms with Gasteiger partial charge in [-0.3, -0.25) is 4.90 Å². The summed E-state index contributed by atoms with van der Waals surface area (Å²) in [5, 5.41) is 10.1. The summed E-state index contributed by atoms with van der Waals surface area (Å²) in [4.78, 5) is 6.61. The highest BCUT2D eigenvalue weighted by atomic mass is 16.3. The average Bonchev–Trinajstić information content (AvgIpc) is 2.71. The van der Waals surface area contributed by atoms with Gasteiger partial charge in [0.15, 0.2) is 5.58 Å². The van der Waals surface area contributed by atoms with E-state index in [1.165, 1.54) is 0 Å². The molecular formula is C14H19N3O2. The number of fused-ring (bicyclic) bond motifs is 1. The van der Waals surface area contributed by atoms with Gasteiger partial charge < -0.3 is 15.3 Å². The smallest absolute Gasteiger partial charge is 0.209 e. The van der Waals surface area contributed by atoms with Gasteiger partial charge in [-0.05, 0) is 38.4 Å². The second kappa shape index (κ2) is 4.51. The van der Waals surface area contributed by atoms with Crippen molar-refractivity contribution < 1.29 is 9.52 Å². The highest BCUT2D eigenvalue weighted by Gasteiger charge is 2.29. The van der Waals surface area contributed by atoms with Gasteiger partial charge in [0, 0.05) is 6.54 Å². The van der Waals surface area contributed by atoms with Crippen molar-refractivity contribution in [2.45, 2.75) is 31.9 Å². The Balaban J connectivity index is 1.80. The number of benzene rings is 1. The lowest BCUT2D eigenvalue weighted by molar-refractivity contribution is -0.0201. The van der Waals surface area contributed by atoms with Crippen molar-refractivity contribution in [1.29, 1.82) is 0 Å². The summed E-state index contributed by atoms with van der Waals surface area (Å²) in [7, 11) is 0. The maximum Gasteiger partial charge on any atom is 0.209 e. The molecule has 0 radical (unpaired) electrons. The molecule has 1 atom stereocenters. The molecule has 1 aliphatic rings. The average molecular weight is 261 g/mol. The molecule has 0 spiro atoms. The number of anilines is 1. The molecule has 3 rings (SSSR count). The number of nitrogen functional groups attached to an aromatic ring is 1. The number of nitrogens with two attached hydrogens (primary N) is 1. The van der Waals surface area contributed by atoms with Gasteiger partial charge in [0.25, 0.3) is 0 Å². The number of hydrogen-bond acceptors (Lipinski definition) is 5. The molecule has 1 fully saturated rings. The van der Waals surface area contributed by atoms with Crippen LogP contribution in [0.1, 0.15) is 25.7 Å².